The molecule has 0 saturated carbocycles. The summed E-state index contributed by atoms with van der Waals surface area (Å²) in [6, 6.07) is 8.11. The van der Waals surface area contributed by atoms with Crippen molar-refractivity contribution in [3.05, 3.63) is 41.7 Å². The van der Waals surface area contributed by atoms with Gasteiger partial charge >= 0.3 is 0 Å². The van der Waals surface area contributed by atoms with Gasteiger partial charge in [-0.25, -0.2) is 9.97 Å². The molecule has 3 nitrogen and oxygen atoms in total. The van der Waals surface area contributed by atoms with Gasteiger partial charge in [0.1, 0.15) is 16.3 Å². The lowest BCUT2D eigenvalue weighted by Gasteiger charge is -2.18. The fraction of sp³-hybridized carbons (Fsp3) is 0.286. The van der Waals surface area contributed by atoms with Gasteiger partial charge in [0.2, 0.25) is 0 Å². The summed E-state index contributed by atoms with van der Waals surface area (Å²) in [5.41, 5.74) is 1.88. The summed E-state index contributed by atoms with van der Waals surface area (Å²) in [4.78, 5) is 9.23. The molecule has 0 amide bonds. The van der Waals surface area contributed by atoms with Gasteiger partial charge in [-0.1, -0.05) is 20.8 Å². The summed E-state index contributed by atoms with van der Waals surface area (Å²) < 4.78 is 2.17. The van der Waals surface area contributed by atoms with E-state index in [1.165, 1.54) is 5.00 Å². The molecule has 0 saturated heterocycles. The van der Waals surface area contributed by atoms with Gasteiger partial charge in [-0.3, -0.25) is 4.57 Å². The van der Waals surface area contributed by atoms with Gasteiger partial charge in [0.15, 0.2) is 5.65 Å². The zero-order valence-electron chi connectivity index (χ0n) is 10.7. The number of thiophene rings is 1. The van der Waals surface area contributed by atoms with E-state index in [1.54, 1.807) is 11.3 Å². The second-order valence-corrected chi connectivity index (χ2v) is 6.24. The van der Waals surface area contributed by atoms with E-state index in [0.29, 0.717) is 0 Å². The van der Waals surface area contributed by atoms with Crippen molar-refractivity contribution in [1.82, 2.24) is 14.5 Å². The maximum absolute atomic E-state index is 4.75. The lowest BCUT2D eigenvalue weighted by Crippen LogP contribution is -2.17. The van der Waals surface area contributed by atoms with Crippen molar-refractivity contribution in [2.24, 2.45) is 0 Å². The molecule has 0 aromatic carbocycles. The number of pyridine rings is 1. The van der Waals surface area contributed by atoms with Crippen molar-refractivity contribution in [3.63, 3.8) is 0 Å². The average molecular weight is 257 g/mol. The van der Waals surface area contributed by atoms with Crippen LogP contribution in [0.5, 0.6) is 0 Å². The van der Waals surface area contributed by atoms with Crippen molar-refractivity contribution in [3.8, 4) is 5.00 Å². The van der Waals surface area contributed by atoms with Crippen LogP contribution in [-0.2, 0) is 5.41 Å². The van der Waals surface area contributed by atoms with Crippen LogP contribution in [0.15, 0.2) is 35.8 Å². The Balaban J connectivity index is 2.39. The van der Waals surface area contributed by atoms with Crippen LogP contribution in [0.4, 0.5) is 0 Å². The summed E-state index contributed by atoms with van der Waals surface area (Å²) in [5.74, 6) is 1.05. The van der Waals surface area contributed by atoms with Crippen LogP contribution >= 0.6 is 11.3 Å². The van der Waals surface area contributed by atoms with Gasteiger partial charge in [0.05, 0.1) is 0 Å². The Labute approximate surface area is 110 Å². The molecular weight excluding hydrogens is 242 g/mol. The zero-order chi connectivity index (χ0) is 12.8. The van der Waals surface area contributed by atoms with Gasteiger partial charge in [0.25, 0.3) is 0 Å². The Hall–Kier alpha value is -1.68. The monoisotopic (exact) mass is 257 g/mol. The third-order valence-corrected chi connectivity index (χ3v) is 3.67. The number of hydrogen-bond acceptors (Lipinski definition) is 3. The molecule has 0 fully saturated rings. The van der Waals surface area contributed by atoms with Gasteiger partial charge in [-0.15, -0.1) is 11.3 Å². The molecule has 3 aromatic rings. The third-order valence-electron chi connectivity index (χ3n) is 2.81. The fourth-order valence-electron chi connectivity index (χ4n) is 2.02. The first-order valence-corrected chi connectivity index (χ1v) is 6.83. The summed E-state index contributed by atoms with van der Waals surface area (Å²) >= 11 is 1.71. The molecule has 92 valence electrons. The van der Waals surface area contributed by atoms with E-state index < -0.39 is 0 Å². The molecule has 3 aromatic heterocycles. The van der Waals surface area contributed by atoms with Crippen LogP contribution in [0.3, 0.4) is 0 Å². The van der Waals surface area contributed by atoms with Crippen LogP contribution in [-0.4, -0.2) is 14.5 Å². The molecule has 0 aliphatic heterocycles. The number of rotatable bonds is 1. The van der Waals surface area contributed by atoms with Crippen molar-refractivity contribution in [2.45, 2.75) is 26.2 Å². The Kier molecular flexibility index (Phi) is 2.48. The maximum atomic E-state index is 4.75. The number of hydrogen-bond donors (Lipinski definition) is 0. The zero-order valence-corrected chi connectivity index (χ0v) is 11.5. The molecular formula is C14H15N3S. The van der Waals surface area contributed by atoms with Crippen LogP contribution in [0.25, 0.3) is 16.2 Å². The molecule has 0 N–H and O–H groups in total. The van der Waals surface area contributed by atoms with E-state index in [9.17, 15) is 0 Å². The Morgan fingerprint density at radius 3 is 2.67 bits per heavy atom. The summed E-state index contributed by atoms with van der Waals surface area (Å²) in [5, 5.41) is 3.25. The van der Waals surface area contributed by atoms with E-state index in [-0.39, 0.29) is 5.41 Å². The number of aromatic nitrogens is 3. The van der Waals surface area contributed by atoms with E-state index in [2.05, 4.69) is 47.8 Å². The molecule has 0 unspecified atom stereocenters. The van der Waals surface area contributed by atoms with Crippen LogP contribution < -0.4 is 0 Å². The Morgan fingerprint density at radius 1 is 1.17 bits per heavy atom. The Bertz CT molecular complexity index is 675. The second-order valence-electron chi connectivity index (χ2n) is 5.32. The van der Waals surface area contributed by atoms with E-state index in [0.717, 1.165) is 17.0 Å². The molecule has 3 rings (SSSR count). The Morgan fingerprint density at radius 2 is 2.00 bits per heavy atom. The predicted octanol–water partition coefficient (Wildman–Crippen LogP) is 3.78. The van der Waals surface area contributed by atoms with Crippen LogP contribution in [0.2, 0.25) is 0 Å². The van der Waals surface area contributed by atoms with Gasteiger partial charge < -0.3 is 0 Å². The van der Waals surface area contributed by atoms with Crippen molar-refractivity contribution < 1.29 is 0 Å². The highest BCUT2D eigenvalue weighted by Gasteiger charge is 2.24. The predicted molar refractivity (Wildman–Crippen MR) is 75.4 cm³/mol. The molecule has 0 aliphatic rings. The molecule has 0 radical (unpaired) electrons. The highest BCUT2D eigenvalue weighted by molar-refractivity contribution is 7.12. The molecule has 0 bridgehead atoms. The molecule has 0 spiro atoms. The first kappa shape index (κ1) is 11.4. The summed E-state index contributed by atoms with van der Waals surface area (Å²) in [6.07, 6.45) is 1.82. The minimum atomic E-state index is -0.00924. The van der Waals surface area contributed by atoms with Crippen molar-refractivity contribution in [1.29, 1.82) is 0 Å². The number of fused-ring (bicyclic) bond motifs is 1. The van der Waals surface area contributed by atoms with Gasteiger partial charge in [0, 0.05) is 11.6 Å². The van der Waals surface area contributed by atoms with E-state index in [1.807, 2.05) is 18.3 Å². The number of nitrogens with zero attached hydrogens (tertiary/aromatic N) is 3. The molecule has 18 heavy (non-hydrogen) atoms. The smallest absolute Gasteiger partial charge is 0.165 e. The third kappa shape index (κ3) is 1.73. The standard InChI is InChI=1S/C14H15N3S/c1-14(2,3)13-16-10-6-4-8-15-12(10)17(13)11-7-5-9-18-11/h4-9H,1-3H3. The first-order chi connectivity index (χ1) is 8.57. The lowest BCUT2D eigenvalue weighted by molar-refractivity contribution is 0.540. The minimum absolute atomic E-state index is 0.00924. The van der Waals surface area contributed by atoms with Crippen LogP contribution in [0.1, 0.15) is 26.6 Å². The van der Waals surface area contributed by atoms with Crippen LogP contribution in [0, 0.1) is 0 Å². The fourth-order valence-corrected chi connectivity index (χ4v) is 2.75. The van der Waals surface area contributed by atoms with E-state index >= 15 is 0 Å². The molecule has 4 heteroatoms. The molecule has 0 aliphatic carbocycles. The van der Waals surface area contributed by atoms with Crippen molar-refractivity contribution >= 4 is 22.5 Å². The molecule has 3 heterocycles. The quantitative estimate of drug-likeness (QED) is 0.664. The normalized spacial score (nSPS) is 12.2. The van der Waals surface area contributed by atoms with Gasteiger partial charge in [-0.05, 0) is 29.6 Å². The second kappa shape index (κ2) is 3.92. The maximum Gasteiger partial charge on any atom is 0.165 e. The largest absolute Gasteiger partial charge is 0.271 e. The highest BCUT2D eigenvalue weighted by atomic mass is 32.1. The molecule has 0 atom stereocenters. The summed E-state index contributed by atoms with van der Waals surface area (Å²) in [7, 11) is 0. The van der Waals surface area contributed by atoms with E-state index in [4.69, 9.17) is 4.98 Å². The highest BCUT2D eigenvalue weighted by Crippen LogP contribution is 2.30. The topological polar surface area (TPSA) is 30.7 Å². The lowest BCUT2D eigenvalue weighted by atomic mass is 9.96. The van der Waals surface area contributed by atoms with Gasteiger partial charge in [-0.2, -0.15) is 0 Å². The SMILES string of the molecule is CC(C)(C)c1nc2cccnc2n1-c1cccs1. The number of imidazole rings is 1. The summed E-state index contributed by atoms with van der Waals surface area (Å²) in [6.45, 7) is 6.54. The van der Waals surface area contributed by atoms with Crippen molar-refractivity contribution in [2.75, 3.05) is 0 Å². The average Bonchev–Trinajstić information content (AvgIpc) is 2.94. The minimum Gasteiger partial charge on any atom is -0.271 e. The first-order valence-electron chi connectivity index (χ1n) is 5.95.